The summed E-state index contributed by atoms with van der Waals surface area (Å²) < 4.78 is 16.2. The highest BCUT2D eigenvalue weighted by Crippen LogP contribution is 2.32. The van der Waals surface area contributed by atoms with Gasteiger partial charge in [-0.15, -0.1) is 6.58 Å². The van der Waals surface area contributed by atoms with Crippen LogP contribution in [0, 0.1) is 5.41 Å². The minimum Gasteiger partial charge on any atom is -0.449 e. The average Bonchev–Trinajstić information content (AvgIpc) is 2.93. The molecule has 0 bridgehead atoms. The van der Waals surface area contributed by atoms with Crippen LogP contribution in [-0.4, -0.2) is 30.1 Å². The lowest BCUT2D eigenvalue weighted by Gasteiger charge is -2.29. The van der Waals surface area contributed by atoms with Gasteiger partial charge in [0.05, 0.1) is 6.54 Å². The van der Waals surface area contributed by atoms with E-state index in [1.54, 1.807) is 6.08 Å². The fraction of sp³-hybridized carbons (Fsp3) is 0.412. The van der Waals surface area contributed by atoms with Crippen molar-refractivity contribution in [3.8, 4) is 0 Å². The third kappa shape index (κ3) is 4.69. The number of hydrogen-bond donors (Lipinski definition) is 1. The summed E-state index contributed by atoms with van der Waals surface area (Å²) in [5.74, 6) is 0. The number of ether oxygens (including phenoxy) is 3. The van der Waals surface area contributed by atoms with E-state index in [9.17, 15) is 4.79 Å². The number of thiocarbonyl (C=S) groups is 1. The fourth-order valence-electron chi connectivity index (χ4n) is 2.25. The van der Waals surface area contributed by atoms with Gasteiger partial charge in [0.1, 0.15) is 12.7 Å². The predicted molar refractivity (Wildman–Crippen MR) is 91.0 cm³/mol. The molecule has 2 atom stereocenters. The number of nitrogens with one attached hydrogen (secondary N) is 1. The number of benzene rings is 1. The molecule has 1 aromatic rings. The zero-order valence-corrected chi connectivity index (χ0v) is 14.1. The molecule has 1 saturated heterocycles. The number of carbonyl (C=O) groups excluding carboxylic acids is 1. The molecule has 5 nitrogen and oxygen atoms in total. The Hall–Kier alpha value is -2.08. The molecule has 0 aliphatic carbocycles. The van der Waals surface area contributed by atoms with Crippen molar-refractivity contribution >= 4 is 23.5 Å². The molecule has 2 rings (SSSR count). The Balaban J connectivity index is 1.83. The highest BCUT2D eigenvalue weighted by molar-refractivity contribution is 7.79. The summed E-state index contributed by atoms with van der Waals surface area (Å²) >= 11 is 4.96. The SMILES string of the molecule is C=CC(C)(C)[C@@H]1OC(=S)O[C@H]1CNC(=O)OCc1ccccc1. The van der Waals surface area contributed by atoms with Gasteiger partial charge in [-0.05, 0) is 5.56 Å². The molecule has 6 heteroatoms. The maximum Gasteiger partial charge on any atom is 0.407 e. The van der Waals surface area contributed by atoms with Gasteiger partial charge in [0.2, 0.25) is 0 Å². The average molecular weight is 335 g/mol. The Bertz CT molecular complexity index is 573. The second kappa shape index (κ2) is 7.46. The quantitative estimate of drug-likeness (QED) is 0.639. The van der Waals surface area contributed by atoms with Gasteiger partial charge in [-0.25, -0.2) is 4.79 Å². The van der Waals surface area contributed by atoms with Crippen molar-refractivity contribution in [2.75, 3.05) is 6.54 Å². The van der Waals surface area contributed by atoms with Crippen LogP contribution in [0.15, 0.2) is 43.0 Å². The van der Waals surface area contributed by atoms with Crippen molar-refractivity contribution < 1.29 is 19.0 Å². The van der Waals surface area contributed by atoms with Crippen LogP contribution >= 0.6 is 12.2 Å². The number of carbonyl (C=O) groups is 1. The summed E-state index contributed by atoms with van der Waals surface area (Å²) in [5, 5.41) is 2.77. The van der Waals surface area contributed by atoms with Crippen LogP contribution in [0.25, 0.3) is 0 Å². The van der Waals surface area contributed by atoms with Gasteiger partial charge in [0, 0.05) is 17.6 Å². The maximum absolute atomic E-state index is 11.8. The van der Waals surface area contributed by atoms with Crippen molar-refractivity contribution in [2.24, 2.45) is 5.41 Å². The fourth-order valence-corrected chi connectivity index (χ4v) is 2.47. The van der Waals surface area contributed by atoms with E-state index in [0.717, 1.165) is 5.56 Å². The highest BCUT2D eigenvalue weighted by Gasteiger charge is 2.43. The van der Waals surface area contributed by atoms with Crippen LogP contribution in [0.1, 0.15) is 19.4 Å². The molecule has 0 unspecified atom stereocenters. The van der Waals surface area contributed by atoms with E-state index in [0.29, 0.717) is 0 Å². The third-order valence-corrected chi connectivity index (χ3v) is 3.92. The summed E-state index contributed by atoms with van der Waals surface area (Å²) in [7, 11) is 0. The molecule has 1 aliphatic heterocycles. The van der Waals surface area contributed by atoms with Gasteiger partial charge in [-0.3, -0.25) is 0 Å². The lowest BCUT2D eigenvalue weighted by molar-refractivity contribution is 0.0720. The van der Waals surface area contributed by atoms with Crippen molar-refractivity contribution in [2.45, 2.75) is 32.7 Å². The van der Waals surface area contributed by atoms with Crippen LogP contribution in [-0.2, 0) is 20.8 Å². The lowest BCUT2D eigenvalue weighted by atomic mass is 9.84. The second-order valence-corrected chi connectivity index (χ2v) is 6.25. The molecule has 1 N–H and O–H groups in total. The number of rotatable bonds is 6. The Morgan fingerprint density at radius 1 is 1.39 bits per heavy atom. The van der Waals surface area contributed by atoms with Crippen LogP contribution in [0.2, 0.25) is 0 Å². The smallest absolute Gasteiger partial charge is 0.407 e. The van der Waals surface area contributed by atoms with Crippen LogP contribution < -0.4 is 5.32 Å². The molecular weight excluding hydrogens is 314 g/mol. The van der Waals surface area contributed by atoms with Crippen molar-refractivity contribution in [3.63, 3.8) is 0 Å². The third-order valence-electron chi connectivity index (χ3n) is 3.73. The van der Waals surface area contributed by atoms with Gasteiger partial charge >= 0.3 is 11.3 Å². The van der Waals surface area contributed by atoms with E-state index < -0.39 is 6.09 Å². The first-order valence-electron chi connectivity index (χ1n) is 7.38. The molecule has 1 fully saturated rings. The van der Waals surface area contributed by atoms with Crippen molar-refractivity contribution in [3.05, 3.63) is 48.6 Å². The van der Waals surface area contributed by atoms with Gasteiger partial charge in [-0.2, -0.15) is 0 Å². The van der Waals surface area contributed by atoms with E-state index >= 15 is 0 Å². The van der Waals surface area contributed by atoms with Crippen LogP contribution in [0.3, 0.4) is 0 Å². The highest BCUT2D eigenvalue weighted by atomic mass is 32.1. The molecule has 23 heavy (non-hydrogen) atoms. The molecule has 1 amide bonds. The molecule has 0 aromatic heterocycles. The monoisotopic (exact) mass is 335 g/mol. The molecule has 0 radical (unpaired) electrons. The van der Waals surface area contributed by atoms with E-state index in [-0.39, 0.29) is 36.0 Å². The zero-order valence-electron chi connectivity index (χ0n) is 13.3. The largest absolute Gasteiger partial charge is 0.449 e. The summed E-state index contributed by atoms with van der Waals surface area (Å²) in [6.45, 7) is 8.22. The van der Waals surface area contributed by atoms with Crippen LogP contribution in [0.4, 0.5) is 4.79 Å². The first-order valence-corrected chi connectivity index (χ1v) is 7.78. The summed E-state index contributed by atoms with van der Waals surface area (Å²) in [4.78, 5) is 11.8. The first kappa shape index (κ1) is 17.3. The number of amides is 1. The Morgan fingerprint density at radius 3 is 2.74 bits per heavy atom. The normalized spacial score (nSPS) is 20.3. The van der Waals surface area contributed by atoms with E-state index in [2.05, 4.69) is 11.9 Å². The van der Waals surface area contributed by atoms with Gasteiger partial charge in [0.25, 0.3) is 0 Å². The lowest BCUT2D eigenvalue weighted by Crippen LogP contribution is -2.43. The summed E-state index contributed by atoms with van der Waals surface area (Å²) in [5.41, 5.74) is 0.593. The molecule has 1 aromatic carbocycles. The zero-order chi connectivity index (χ0) is 16.9. The Kier molecular flexibility index (Phi) is 5.60. The maximum atomic E-state index is 11.8. The number of alkyl carbamates (subject to hydrolysis) is 1. The van der Waals surface area contributed by atoms with Crippen molar-refractivity contribution in [1.82, 2.24) is 5.32 Å². The van der Waals surface area contributed by atoms with Crippen molar-refractivity contribution in [1.29, 1.82) is 0 Å². The Labute approximate surface area is 141 Å². The van der Waals surface area contributed by atoms with Gasteiger partial charge in [0.15, 0.2) is 6.10 Å². The van der Waals surface area contributed by atoms with Gasteiger partial charge < -0.3 is 19.5 Å². The predicted octanol–water partition coefficient (Wildman–Crippen LogP) is 3.19. The molecule has 124 valence electrons. The first-order chi connectivity index (χ1) is 10.9. The standard InChI is InChI=1S/C17H21NO4S/c1-4-17(2,3)14-13(21-16(23)22-14)10-18-15(19)20-11-12-8-6-5-7-9-12/h4-9,13-14H,1,10-11H2,2-3H3,(H,18,19)/t13-,14+/m0/s1. The molecular formula is C17H21NO4S. The van der Waals surface area contributed by atoms with E-state index in [4.69, 9.17) is 26.4 Å². The summed E-state index contributed by atoms with van der Waals surface area (Å²) in [6.07, 6.45) is 0.600. The second-order valence-electron chi connectivity index (χ2n) is 5.91. The molecule has 0 saturated carbocycles. The van der Waals surface area contributed by atoms with Gasteiger partial charge in [-0.1, -0.05) is 50.3 Å². The minimum absolute atomic E-state index is 0.0920. The number of hydrogen-bond acceptors (Lipinski definition) is 5. The summed E-state index contributed by atoms with van der Waals surface area (Å²) in [6, 6.07) is 9.47. The molecule has 1 heterocycles. The Morgan fingerprint density at radius 2 is 2.09 bits per heavy atom. The molecule has 0 spiro atoms. The molecule has 1 aliphatic rings. The topological polar surface area (TPSA) is 56.8 Å². The van der Waals surface area contributed by atoms with E-state index in [1.165, 1.54) is 0 Å². The minimum atomic E-state index is -0.509. The van der Waals surface area contributed by atoms with E-state index in [1.807, 2.05) is 44.2 Å². The van der Waals surface area contributed by atoms with Crippen LogP contribution in [0.5, 0.6) is 0 Å².